The summed E-state index contributed by atoms with van der Waals surface area (Å²) in [4.78, 5) is 12.5. The molecule has 2 aromatic carbocycles. The van der Waals surface area contributed by atoms with Gasteiger partial charge in [0, 0.05) is 11.7 Å². The number of anilines is 1. The van der Waals surface area contributed by atoms with Crippen molar-refractivity contribution in [2.75, 3.05) is 12.4 Å². The predicted molar refractivity (Wildman–Crippen MR) is 120 cm³/mol. The van der Waals surface area contributed by atoms with E-state index in [1.165, 1.54) is 19.3 Å². The van der Waals surface area contributed by atoms with Gasteiger partial charge in [-0.2, -0.15) is 0 Å². The lowest BCUT2D eigenvalue weighted by Gasteiger charge is -2.28. The van der Waals surface area contributed by atoms with E-state index in [0.29, 0.717) is 17.5 Å². The zero-order valence-electron chi connectivity index (χ0n) is 18.0. The second-order valence-electron chi connectivity index (χ2n) is 8.85. The van der Waals surface area contributed by atoms with Crippen molar-refractivity contribution < 1.29 is 17.9 Å². The molecule has 4 unspecified atom stereocenters. The summed E-state index contributed by atoms with van der Waals surface area (Å²) in [5, 5.41) is 2.82. The van der Waals surface area contributed by atoms with Crippen LogP contribution >= 0.6 is 0 Å². The Balaban J connectivity index is 1.33. The van der Waals surface area contributed by atoms with Crippen LogP contribution in [0.25, 0.3) is 0 Å². The van der Waals surface area contributed by atoms with Crippen LogP contribution in [0.1, 0.15) is 38.2 Å². The van der Waals surface area contributed by atoms with E-state index in [1.807, 2.05) is 31.2 Å². The van der Waals surface area contributed by atoms with Gasteiger partial charge in [-0.05, 0) is 85.9 Å². The van der Waals surface area contributed by atoms with E-state index < -0.39 is 10.0 Å². The molecule has 0 saturated heterocycles. The van der Waals surface area contributed by atoms with E-state index in [2.05, 4.69) is 10.0 Å². The first-order chi connectivity index (χ1) is 14.8. The number of amides is 1. The van der Waals surface area contributed by atoms with Crippen molar-refractivity contribution in [3.8, 4) is 5.75 Å². The topological polar surface area (TPSA) is 84.5 Å². The van der Waals surface area contributed by atoms with Gasteiger partial charge in [0.2, 0.25) is 15.9 Å². The highest BCUT2D eigenvalue weighted by atomic mass is 32.2. The molecule has 4 atom stereocenters. The number of hydrogen-bond donors (Lipinski definition) is 2. The van der Waals surface area contributed by atoms with Crippen molar-refractivity contribution in [1.29, 1.82) is 0 Å². The van der Waals surface area contributed by atoms with Gasteiger partial charge < -0.3 is 10.1 Å². The zero-order chi connectivity index (χ0) is 22.0. The Morgan fingerprint density at radius 2 is 1.77 bits per heavy atom. The fourth-order valence-corrected chi connectivity index (χ4v) is 6.45. The lowest BCUT2D eigenvalue weighted by molar-refractivity contribution is -0.115. The van der Waals surface area contributed by atoms with Crippen LogP contribution in [0.2, 0.25) is 0 Å². The smallest absolute Gasteiger partial charge is 0.240 e. The highest BCUT2D eigenvalue weighted by Gasteiger charge is 2.42. The molecule has 31 heavy (non-hydrogen) atoms. The highest BCUT2D eigenvalue weighted by molar-refractivity contribution is 7.89. The van der Waals surface area contributed by atoms with Gasteiger partial charge in [-0.25, -0.2) is 13.1 Å². The summed E-state index contributed by atoms with van der Waals surface area (Å²) in [5.41, 5.74) is 1.44. The number of ether oxygens (including phenoxy) is 1. The first kappa shape index (κ1) is 21.8. The van der Waals surface area contributed by atoms with E-state index in [1.54, 1.807) is 31.4 Å². The number of rotatable bonds is 8. The lowest BCUT2D eigenvalue weighted by atomic mass is 9.84. The van der Waals surface area contributed by atoms with Gasteiger partial charge in [-0.1, -0.05) is 18.6 Å². The lowest BCUT2D eigenvalue weighted by Crippen LogP contribution is -2.40. The van der Waals surface area contributed by atoms with Gasteiger partial charge in [-0.15, -0.1) is 0 Å². The Labute approximate surface area is 184 Å². The third-order valence-electron chi connectivity index (χ3n) is 6.75. The average Bonchev–Trinajstić information content (AvgIpc) is 3.38. The Hall–Kier alpha value is -2.38. The summed E-state index contributed by atoms with van der Waals surface area (Å²) in [6.45, 7) is 1.98. The Morgan fingerprint density at radius 3 is 2.35 bits per heavy atom. The Bertz CT molecular complexity index is 1020. The maximum absolute atomic E-state index is 12.8. The minimum Gasteiger partial charge on any atom is -0.497 e. The number of sulfonamides is 1. The summed E-state index contributed by atoms with van der Waals surface area (Å²) >= 11 is 0. The van der Waals surface area contributed by atoms with Crippen LogP contribution < -0.4 is 14.8 Å². The molecular formula is C24H30N2O4S. The highest BCUT2D eigenvalue weighted by Crippen LogP contribution is 2.49. The number of nitrogens with one attached hydrogen (secondary N) is 2. The van der Waals surface area contributed by atoms with Gasteiger partial charge >= 0.3 is 0 Å². The molecule has 6 nitrogen and oxygen atoms in total. The zero-order valence-corrected chi connectivity index (χ0v) is 18.8. The number of carbonyl (C=O) groups excluding carboxylic acids is 1. The third-order valence-corrected chi connectivity index (χ3v) is 8.32. The maximum atomic E-state index is 12.8. The Kier molecular flexibility index (Phi) is 6.34. The molecule has 4 rings (SSSR count). The molecule has 2 aromatic rings. The van der Waals surface area contributed by atoms with E-state index in [-0.39, 0.29) is 23.3 Å². The van der Waals surface area contributed by atoms with Gasteiger partial charge in [-0.3, -0.25) is 4.79 Å². The number of carbonyl (C=O) groups is 1. The maximum Gasteiger partial charge on any atom is 0.240 e. The fourth-order valence-electron chi connectivity index (χ4n) is 5.16. The van der Waals surface area contributed by atoms with Crippen molar-refractivity contribution in [2.45, 2.75) is 50.0 Å². The van der Waals surface area contributed by atoms with Crippen molar-refractivity contribution >= 4 is 21.6 Å². The molecule has 2 aliphatic carbocycles. The summed E-state index contributed by atoms with van der Waals surface area (Å²) in [5.74, 6) is 2.45. The van der Waals surface area contributed by atoms with Crippen LogP contribution in [0.3, 0.4) is 0 Å². The van der Waals surface area contributed by atoms with Crippen molar-refractivity contribution in [1.82, 2.24) is 4.72 Å². The molecular weight excluding hydrogens is 412 g/mol. The van der Waals surface area contributed by atoms with Crippen LogP contribution in [-0.4, -0.2) is 27.5 Å². The number of benzene rings is 2. The number of methoxy groups -OCH3 is 1. The van der Waals surface area contributed by atoms with Crippen molar-refractivity contribution in [3.05, 3.63) is 54.1 Å². The molecule has 2 saturated carbocycles. The summed E-state index contributed by atoms with van der Waals surface area (Å²) in [6, 6.07) is 13.6. The molecule has 2 fully saturated rings. The van der Waals surface area contributed by atoms with Gasteiger partial charge in [0.1, 0.15) is 5.75 Å². The molecule has 2 bridgehead atoms. The fraction of sp³-hybridized carbons (Fsp3) is 0.458. The molecule has 2 N–H and O–H groups in total. The monoisotopic (exact) mass is 442 g/mol. The molecule has 0 aliphatic heterocycles. The standard InChI is InChI=1S/C24H30N2O4S/c1-16(23-14-18-3-6-19(23)13-18)26-31(28,29)22-11-7-20(8-12-22)25-24(27)15-17-4-9-21(30-2)10-5-17/h4-5,7-12,16,18-19,23,26H,3,6,13-15H2,1-2H3,(H,25,27). The number of fused-ring (bicyclic) bond motifs is 2. The first-order valence-corrected chi connectivity index (χ1v) is 12.4. The van der Waals surface area contributed by atoms with Gasteiger partial charge in [0.25, 0.3) is 0 Å². The van der Waals surface area contributed by atoms with Crippen LogP contribution in [-0.2, 0) is 21.2 Å². The molecule has 1 amide bonds. The normalized spacial score (nSPS) is 23.5. The van der Waals surface area contributed by atoms with E-state index >= 15 is 0 Å². The van der Waals surface area contributed by atoms with Crippen molar-refractivity contribution in [3.63, 3.8) is 0 Å². The van der Waals surface area contributed by atoms with Crippen LogP contribution in [0.4, 0.5) is 5.69 Å². The summed E-state index contributed by atoms with van der Waals surface area (Å²) in [7, 11) is -1.99. The summed E-state index contributed by atoms with van der Waals surface area (Å²) < 4.78 is 33.6. The molecule has 0 spiro atoms. The van der Waals surface area contributed by atoms with Gasteiger partial charge in [0.15, 0.2) is 0 Å². The molecule has 0 heterocycles. The van der Waals surface area contributed by atoms with E-state index in [9.17, 15) is 13.2 Å². The Morgan fingerprint density at radius 1 is 1.06 bits per heavy atom. The first-order valence-electron chi connectivity index (χ1n) is 10.9. The molecule has 166 valence electrons. The van der Waals surface area contributed by atoms with Crippen LogP contribution in [0, 0.1) is 17.8 Å². The minimum atomic E-state index is -3.59. The molecule has 7 heteroatoms. The molecule has 0 radical (unpaired) electrons. The minimum absolute atomic E-state index is 0.0656. The van der Waals surface area contributed by atoms with Crippen LogP contribution in [0.15, 0.2) is 53.4 Å². The van der Waals surface area contributed by atoms with E-state index in [0.717, 1.165) is 23.7 Å². The molecule has 0 aromatic heterocycles. The SMILES string of the molecule is COc1ccc(CC(=O)Nc2ccc(S(=O)(=O)NC(C)C3CC4CCC3C4)cc2)cc1. The third kappa shape index (κ3) is 5.10. The van der Waals surface area contributed by atoms with Gasteiger partial charge in [0.05, 0.1) is 18.4 Å². The number of hydrogen-bond acceptors (Lipinski definition) is 4. The second kappa shape index (κ2) is 9.01. The quantitative estimate of drug-likeness (QED) is 0.648. The van der Waals surface area contributed by atoms with Crippen molar-refractivity contribution in [2.24, 2.45) is 17.8 Å². The second-order valence-corrected chi connectivity index (χ2v) is 10.6. The summed E-state index contributed by atoms with van der Waals surface area (Å²) in [6.07, 6.45) is 5.14. The van der Waals surface area contributed by atoms with Crippen LogP contribution in [0.5, 0.6) is 5.75 Å². The largest absolute Gasteiger partial charge is 0.497 e. The molecule has 2 aliphatic rings. The average molecular weight is 443 g/mol. The predicted octanol–water partition coefficient (Wildman–Crippen LogP) is 3.98. The van der Waals surface area contributed by atoms with E-state index in [4.69, 9.17) is 4.74 Å².